The average molecular weight is 285 g/mol. The Morgan fingerprint density at radius 2 is 2.14 bits per heavy atom. The summed E-state index contributed by atoms with van der Waals surface area (Å²) in [7, 11) is 0. The second kappa shape index (κ2) is 5.93. The van der Waals surface area contributed by atoms with Crippen LogP contribution in [0, 0.1) is 13.8 Å². The van der Waals surface area contributed by atoms with Crippen LogP contribution in [0.3, 0.4) is 0 Å². The van der Waals surface area contributed by atoms with Crippen LogP contribution in [0.4, 0.5) is 0 Å². The van der Waals surface area contributed by atoms with Gasteiger partial charge in [-0.1, -0.05) is 6.92 Å². The molecule has 5 nitrogen and oxygen atoms in total. The fraction of sp³-hybridized carbons (Fsp3) is 0.562. The van der Waals surface area contributed by atoms with E-state index in [2.05, 4.69) is 33.7 Å². The van der Waals surface area contributed by atoms with E-state index >= 15 is 0 Å². The molecule has 0 fully saturated rings. The molecule has 21 heavy (non-hydrogen) atoms. The van der Waals surface area contributed by atoms with Gasteiger partial charge in [0.1, 0.15) is 11.6 Å². The molecule has 112 valence electrons. The molecule has 5 heteroatoms. The SMILES string of the molecule is CCCc1ncc2c(n1)CCN(Cc1nc(C)c(C)[nH]1)C2. The highest BCUT2D eigenvalue weighted by Crippen LogP contribution is 2.18. The molecule has 0 amide bonds. The van der Waals surface area contributed by atoms with E-state index in [4.69, 9.17) is 4.98 Å². The number of hydrogen-bond acceptors (Lipinski definition) is 4. The van der Waals surface area contributed by atoms with Gasteiger partial charge in [-0.15, -0.1) is 0 Å². The molecule has 0 aromatic carbocycles. The van der Waals surface area contributed by atoms with Crippen LogP contribution in [-0.4, -0.2) is 31.4 Å². The first-order valence-electron chi connectivity index (χ1n) is 7.73. The van der Waals surface area contributed by atoms with Crippen molar-refractivity contribution < 1.29 is 0 Å². The number of rotatable bonds is 4. The lowest BCUT2D eigenvalue weighted by Crippen LogP contribution is -2.31. The van der Waals surface area contributed by atoms with Crippen molar-refractivity contribution in [2.75, 3.05) is 6.54 Å². The maximum atomic E-state index is 4.70. The number of aryl methyl sites for hydroxylation is 3. The number of hydrogen-bond donors (Lipinski definition) is 1. The van der Waals surface area contributed by atoms with Gasteiger partial charge >= 0.3 is 0 Å². The van der Waals surface area contributed by atoms with Crippen molar-refractivity contribution in [2.24, 2.45) is 0 Å². The molecule has 3 rings (SSSR count). The van der Waals surface area contributed by atoms with Crippen molar-refractivity contribution >= 4 is 0 Å². The molecular weight excluding hydrogens is 262 g/mol. The van der Waals surface area contributed by atoms with Gasteiger partial charge in [-0.05, 0) is 20.3 Å². The highest BCUT2D eigenvalue weighted by molar-refractivity contribution is 5.21. The average Bonchev–Trinajstić information content (AvgIpc) is 2.78. The molecule has 0 atom stereocenters. The maximum absolute atomic E-state index is 4.70. The summed E-state index contributed by atoms with van der Waals surface area (Å²) in [4.78, 5) is 19.5. The molecule has 2 aromatic heterocycles. The van der Waals surface area contributed by atoms with Crippen LogP contribution in [0.5, 0.6) is 0 Å². The fourth-order valence-electron chi connectivity index (χ4n) is 2.80. The van der Waals surface area contributed by atoms with E-state index < -0.39 is 0 Å². The summed E-state index contributed by atoms with van der Waals surface area (Å²) in [6.07, 6.45) is 5.09. The number of nitrogens with zero attached hydrogens (tertiary/aromatic N) is 4. The van der Waals surface area contributed by atoms with E-state index in [0.717, 1.165) is 61.9 Å². The van der Waals surface area contributed by atoms with Gasteiger partial charge in [0.2, 0.25) is 0 Å². The number of aromatic nitrogens is 4. The van der Waals surface area contributed by atoms with Gasteiger partial charge in [0.05, 0.1) is 12.2 Å². The van der Waals surface area contributed by atoms with Crippen LogP contribution in [-0.2, 0) is 25.9 Å². The number of fused-ring (bicyclic) bond motifs is 1. The lowest BCUT2D eigenvalue weighted by atomic mass is 10.1. The summed E-state index contributed by atoms with van der Waals surface area (Å²) >= 11 is 0. The van der Waals surface area contributed by atoms with E-state index in [1.165, 1.54) is 11.3 Å². The molecule has 1 aliphatic rings. The molecule has 0 saturated carbocycles. The van der Waals surface area contributed by atoms with E-state index in [9.17, 15) is 0 Å². The zero-order chi connectivity index (χ0) is 14.8. The first kappa shape index (κ1) is 14.2. The Hall–Kier alpha value is -1.75. The van der Waals surface area contributed by atoms with Crippen LogP contribution >= 0.6 is 0 Å². The highest BCUT2D eigenvalue weighted by Gasteiger charge is 2.19. The molecular formula is C16H23N5. The zero-order valence-corrected chi connectivity index (χ0v) is 13.1. The van der Waals surface area contributed by atoms with Crippen molar-refractivity contribution in [1.82, 2.24) is 24.8 Å². The van der Waals surface area contributed by atoms with Gasteiger partial charge in [-0.25, -0.2) is 15.0 Å². The fourth-order valence-corrected chi connectivity index (χ4v) is 2.80. The smallest absolute Gasteiger partial charge is 0.128 e. The quantitative estimate of drug-likeness (QED) is 0.936. The topological polar surface area (TPSA) is 57.7 Å². The lowest BCUT2D eigenvalue weighted by Gasteiger charge is -2.27. The predicted octanol–water partition coefficient (Wildman–Crippen LogP) is 2.33. The predicted molar refractivity (Wildman–Crippen MR) is 81.9 cm³/mol. The first-order valence-corrected chi connectivity index (χ1v) is 7.73. The Bertz CT molecular complexity index is 612. The molecule has 0 bridgehead atoms. The first-order chi connectivity index (χ1) is 10.2. The third kappa shape index (κ3) is 3.13. The van der Waals surface area contributed by atoms with E-state index in [1.54, 1.807) is 0 Å². The van der Waals surface area contributed by atoms with Crippen LogP contribution in [0.15, 0.2) is 6.20 Å². The summed E-state index contributed by atoms with van der Waals surface area (Å²) in [5, 5.41) is 0. The minimum atomic E-state index is 0.866. The number of nitrogens with one attached hydrogen (secondary N) is 1. The summed E-state index contributed by atoms with van der Waals surface area (Å²) in [6.45, 7) is 9.10. The van der Waals surface area contributed by atoms with Crippen molar-refractivity contribution in [3.8, 4) is 0 Å². The Morgan fingerprint density at radius 3 is 2.86 bits per heavy atom. The minimum Gasteiger partial charge on any atom is -0.345 e. The number of aromatic amines is 1. The number of imidazole rings is 1. The molecule has 1 aliphatic heterocycles. The Morgan fingerprint density at radius 1 is 1.29 bits per heavy atom. The van der Waals surface area contributed by atoms with Crippen LogP contribution in [0.2, 0.25) is 0 Å². The standard InChI is InChI=1S/C16H23N5/c1-4-5-15-17-8-13-9-21(7-6-14(13)20-15)10-16-18-11(2)12(3)19-16/h8H,4-7,9-10H2,1-3H3,(H,18,19). The molecule has 0 saturated heterocycles. The summed E-state index contributed by atoms with van der Waals surface area (Å²) in [6, 6.07) is 0. The maximum Gasteiger partial charge on any atom is 0.128 e. The summed E-state index contributed by atoms with van der Waals surface area (Å²) < 4.78 is 0. The molecule has 0 spiro atoms. The molecule has 0 radical (unpaired) electrons. The lowest BCUT2D eigenvalue weighted by molar-refractivity contribution is 0.237. The van der Waals surface area contributed by atoms with E-state index in [-0.39, 0.29) is 0 Å². The van der Waals surface area contributed by atoms with Crippen molar-refractivity contribution in [1.29, 1.82) is 0 Å². The number of H-pyrrole nitrogens is 1. The normalized spacial score (nSPS) is 15.2. The zero-order valence-electron chi connectivity index (χ0n) is 13.1. The third-order valence-electron chi connectivity index (χ3n) is 4.09. The largest absolute Gasteiger partial charge is 0.345 e. The minimum absolute atomic E-state index is 0.866. The summed E-state index contributed by atoms with van der Waals surface area (Å²) in [5.74, 6) is 2.04. The van der Waals surface area contributed by atoms with Gasteiger partial charge in [-0.2, -0.15) is 0 Å². The van der Waals surface area contributed by atoms with Gasteiger partial charge in [-0.3, -0.25) is 4.90 Å². The van der Waals surface area contributed by atoms with Crippen LogP contribution < -0.4 is 0 Å². The summed E-state index contributed by atoms with van der Waals surface area (Å²) in [5.41, 5.74) is 4.75. The van der Waals surface area contributed by atoms with Crippen molar-refractivity contribution in [3.05, 3.63) is 40.5 Å². The Labute approximate surface area is 125 Å². The van der Waals surface area contributed by atoms with E-state index in [1.807, 2.05) is 13.1 Å². The molecule has 0 unspecified atom stereocenters. The second-order valence-electron chi connectivity index (χ2n) is 5.86. The van der Waals surface area contributed by atoms with Crippen molar-refractivity contribution in [3.63, 3.8) is 0 Å². The monoisotopic (exact) mass is 285 g/mol. The molecule has 2 aromatic rings. The van der Waals surface area contributed by atoms with Crippen molar-refractivity contribution in [2.45, 2.75) is 53.1 Å². The molecule has 3 heterocycles. The van der Waals surface area contributed by atoms with Crippen LogP contribution in [0.1, 0.15) is 47.6 Å². The van der Waals surface area contributed by atoms with Gasteiger partial charge in [0.15, 0.2) is 0 Å². The third-order valence-corrected chi connectivity index (χ3v) is 4.09. The Kier molecular flexibility index (Phi) is 4.01. The van der Waals surface area contributed by atoms with Gasteiger partial charge in [0, 0.05) is 49.1 Å². The van der Waals surface area contributed by atoms with E-state index in [0.29, 0.717) is 0 Å². The highest BCUT2D eigenvalue weighted by atomic mass is 15.2. The van der Waals surface area contributed by atoms with Gasteiger partial charge < -0.3 is 4.98 Å². The van der Waals surface area contributed by atoms with Gasteiger partial charge in [0.25, 0.3) is 0 Å². The second-order valence-corrected chi connectivity index (χ2v) is 5.86. The molecule has 0 aliphatic carbocycles. The Balaban J connectivity index is 1.69. The molecule has 1 N–H and O–H groups in total. The van der Waals surface area contributed by atoms with Crippen LogP contribution in [0.25, 0.3) is 0 Å².